The number of halogens is 3. The van der Waals surface area contributed by atoms with Crippen molar-refractivity contribution >= 4 is 40.6 Å². The number of unbranched alkanes of at least 4 members (excludes halogenated alkanes) is 7. The Hall–Kier alpha value is -6.32. The third kappa shape index (κ3) is 15.6. The lowest BCUT2D eigenvalue weighted by Crippen LogP contribution is -2.31. The van der Waals surface area contributed by atoms with E-state index >= 15 is 0 Å². The van der Waals surface area contributed by atoms with Crippen LogP contribution in [-0.2, 0) is 11.3 Å². The monoisotopic (exact) mass is 1000 g/mol. The van der Waals surface area contributed by atoms with Crippen molar-refractivity contribution in [1.82, 2.24) is 24.6 Å². The van der Waals surface area contributed by atoms with Gasteiger partial charge in [0, 0.05) is 36.7 Å². The molecule has 16 heteroatoms. The average Bonchev–Trinajstić information content (AvgIpc) is 3.92. The van der Waals surface area contributed by atoms with E-state index in [9.17, 15) is 18.4 Å². The predicted octanol–water partition coefficient (Wildman–Crippen LogP) is 13.4. The Balaban J connectivity index is 0.653. The van der Waals surface area contributed by atoms with Gasteiger partial charge in [0.05, 0.1) is 24.9 Å². The lowest BCUT2D eigenvalue weighted by Gasteiger charge is -2.31. The summed E-state index contributed by atoms with van der Waals surface area (Å²) in [5, 5.41) is 10.2. The van der Waals surface area contributed by atoms with Crippen molar-refractivity contribution in [3.05, 3.63) is 127 Å². The highest BCUT2D eigenvalue weighted by Gasteiger charge is 2.28. The van der Waals surface area contributed by atoms with E-state index in [1.165, 1.54) is 63.8 Å². The molecule has 382 valence electrons. The molecule has 0 radical (unpaired) electrons. The Morgan fingerprint density at radius 3 is 2.19 bits per heavy atom. The minimum Gasteiger partial charge on any atom is -0.494 e. The number of ether oxygens (including phenoxy) is 2. The van der Waals surface area contributed by atoms with Gasteiger partial charge in [-0.2, -0.15) is 5.10 Å². The van der Waals surface area contributed by atoms with Crippen LogP contribution < -0.4 is 25.0 Å². The van der Waals surface area contributed by atoms with Crippen molar-refractivity contribution in [3.8, 4) is 28.7 Å². The zero-order valence-corrected chi connectivity index (χ0v) is 42.0. The van der Waals surface area contributed by atoms with Crippen molar-refractivity contribution in [2.45, 2.75) is 109 Å². The molecule has 2 aliphatic rings. The molecule has 0 atom stereocenters. The highest BCUT2D eigenvalue weighted by molar-refractivity contribution is 6.29. The third-order valence-corrected chi connectivity index (χ3v) is 13.7. The van der Waals surface area contributed by atoms with Gasteiger partial charge in [0.1, 0.15) is 35.2 Å². The molecule has 3 aromatic heterocycles. The van der Waals surface area contributed by atoms with Gasteiger partial charge in [0.2, 0.25) is 11.8 Å². The number of aromatic nitrogens is 4. The van der Waals surface area contributed by atoms with Crippen LogP contribution in [0.25, 0.3) is 11.5 Å². The van der Waals surface area contributed by atoms with E-state index in [1.54, 1.807) is 21.8 Å². The summed E-state index contributed by atoms with van der Waals surface area (Å²) >= 11 is 5.92. The summed E-state index contributed by atoms with van der Waals surface area (Å²) in [6.07, 6.45) is 17.2. The normalized spacial score (nSPS) is 15.7. The Labute approximate surface area is 426 Å². The fraction of sp³-hybridized carbons (Fsp3) is 0.446. The number of rotatable bonds is 28. The van der Waals surface area contributed by atoms with Crippen LogP contribution in [0, 0.1) is 11.8 Å². The molecule has 3 heterocycles. The summed E-state index contributed by atoms with van der Waals surface area (Å²) in [4.78, 5) is 38.6. The number of benzene rings is 3. The van der Waals surface area contributed by atoms with Gasteiger partial charge in [-0.3, -0.25) is 14.3 Å². The molecule has 13 nitrogen and oxygen atoms in total. The smallest absolute Gasteiger partial charge is 0.284 e. The number of nitrogens with one attached hydrogen (secondary N) is 2. The Morgan fingerprint density at radius 1 is 0.833 bits per heavy atom. The van der Waals surface area contributed by atoms with Crippen molar-refractivity contribution in [2.75, 3.05) is 54.7 Å². The maximum atomic E-state index is 14.2. The summed E-state index contributed by atoms with van der Waals surface area (Å²) in [5.74, 6) is 3.46. The molecule has 2 fully saturated rings. The molecule has 6 aromatic rings. The maximum Gasteiger partial charge on any atom is 0.284 e. The van der Waals surface area contributed by atoms with Crippen LogP contribution in [0.2, 0.25) is 0 Å². The van der Waals surface area contributed by atoms with Crippen molar-refractivity contribution < 1.29 is 32.3 Å². The summed E-state index contributed by atoms with van der Waals surface area (Å²) < 4.78 is 47.6. The van der Waals surface area contributed by atoms with Crippen LogP contribution in [-0.4, -0.2) is 75.6 Å². The molecule has 2 N–H and O–H groups in total. The second kappa shape index (κ2) is 26.4. The lowest BCUT2D eigenvalue weighted by molar-refractivity contribution is -0.116. The fourth-order valence-corrected chi connectivity index (χ4v) is 9.38. The molecule has 2 amide bonds. The van der Waals surface area contributed by atoms with Gasteiger partial charge in [-0.1, -0.05) is 68.9 Å². The highest BCUT2D eigenvalue weighted by Crippen LogP contribution is 2.36. The molecule has 2 saturated carbocycles. The largest absolute Gasteiger partial charge is 0.494 e. The third-order valence-electron chi connectivity index (χ3n) is 13.5. The van der Waals surface area contributed by atoms with Crippen LogP contribution in [0.15, 0.2) is 114 Å². The minimum absolute atomic E-state index is 0.00704. The zero-order valence-electron chi connectivity index (χ0n) is 41.2. The van der Waals surface area contributed by atoms with Gasteiger partial charge in [-0.25, -0.2) is 18.7 Å². The van der Waals surface area contributed by atoms with Gasteiger partial charge in [-0.05, 0) is 143 Å². The van der Waals surface area contributed by atoms with Crippen molar-refractivity contribution in [2.24, 2.45) is 11.8 Å². The van der Waals surface area contributed by atoms with Gasteiger partial charge >= 0.3 is 0 Å². The molecule has 0 bridgehead atoms. The number of alkyl halides is 3. The van der Waals surface area contributed by atoms with Gasteiger partial charge in [0.25, 0.3) is 12.3 Å². The second-order valence-electron chi connectivity index (χ2n) is 19.2. The van der Waals surface area contributed by atoms with E-state index in [1.807, 2.05) is 84.9 Å². The van der Waals surface area contributed by atoms with Crippen LogP contribution in [0.4, 0.5) is 26.0 Å². The Kier molecular flexibility index (Phi) is 19.1. The number of carbonyl (C=O) groups is 2. The van der Waals surface area contributed by atoms with E-state index in [-0.39, 0.29) is 35.1 Å². The summed E-state index contributed by atoms with van der Waals surface area (Å²) in [6, 6.07) is 28.5. The lowest BCUT2D eigenvalue weighted by atomic mass is 9.86. The summed E-state index contributed by atoms with van der Waals surface area (Å²) in [7, 11) is 2.20. The van der Waals surface area contributed by atoms with Crippen molar-refractivity contribution in [3.63, 3.8) is 0 Å². The van der Waals surface area contributed by atoms with Crippen LogP contribution in [0.3, 0.4) is 0 Å². The molecular formula is C56H67ClF2N8O5. The number of hydrogen-bond acceptors (Lipinski definition) is 10. The number of pyridine rings is 1. The number of oxazole rings is 1. The fourth-order valence-electron chi connectivity index (χ4n) is 9.23. The quantitative estimate of drug-likeness (QED) is 0.0361. The Morgan fingerprint density at radius 2 is 1.50 bits per heavy atom. The molecule has 0 spiro atoms. The first kappa shape index (κ1) is 52.0. The minimum atomic E-state index is -2.84. The first-order valence-corrected chi connectivity index (χ1v) is 26.1. The van der Waals surface area contributed by atoms with E-state index < -0.39 is 18.0 Å². The number of hydrogen-bond donors (Lipinski definition) is 2. The number of amides is 2. The molecular weight excluding hydrogens is 938 g/mol. The molecule has 0 aliphatic heterocycles. The predicted molar refractivity (Wildman–Crippen MR) is 278 cm³/mol. The second-order valence-corrected chi connectivity index (χ2v) is 19.5. The van der Waals surface area contributed by atoms with Gasteiger partial charge < -0.3 is 34.3 Å². The molecule has 0 unspecified atom stereocenters. The van der Waals surface area contributed by atoms with Crippen LogP contribution >= 0.6 is 11.6 Å². The zero-order chi connectivity index (χ0) is 50.1. The summed E-state index contributed by atoms with van der Waals surface area (Å²) in [6.45, 7) is 4.07. The standard InChI is InChI=1S/C56H67ClF2N8O5/c1-65(31-11-6-4-2-3-5-7-12-32-70-46-25-27-48(28-26-46)72-47-23-21-44(22-24-47)66(52(68)34-57)37-41-13-9-8-10-14-41)36-42-17-19-45(20-18-42)67-38-49(53(64-67)54(58)59)62-55(69)50-39-71-56(63-50)43-29-30-60-51(33-43)61-35-40-15-16-40/h8-10,13-14,21-30,33,38-40,42,45,54H,2-7,11-12,15-20,31-32,34-37H2,1H3,(H,60,61)(H,62,69)/t42-,45-. The Bertz CT molecular complexity index is 2600. The van der Waals surface area contributed by atoms with E-state index in [0.717, 1.165) is 75.2 Å². The van der Waals surface area contributed by atoms with Gasteiger partial charge in [0.15, 0.2) is 11.4 Å². The molecule has 8 rings (SSSR count). The molecule has 0 saturated heterocycles. The highest BCUT2D eigenvalue weighted by atomic mass is 35.5. The summed E-state index contributed by atoms with van der Waals surface area (Å²) in [5.41, 5.74) is 1.96. The average molecular weight is 1010 g/mol. The first-order chi connectivity index (χ1) is 35.2. The maximum absolute atomic E-state index is 14.2. The van der Waals surface area contributed by atoms with Gasteiger partial charge in [-0.15, -0.1) is 11.6 Å². The SMILES string of the molecule is CN(CCCCCCCCCCOc1ccc(Oc2ccc(N(Cc3ccccc3)C(=O)CCl)cc2)cc1)C[C@H]1CC[C@H](n2cc(NC(=O)c3coc(-c4ccnc(NCC5CC5)c4)n3)c(C(F)F)n2)CC1. The van der Waals surface area contributed by atoms with E-state index in [2.05, 4.69) is 37.6 Å². The first-order valence-electron chi connectivity index (χ1n) is 25.6. The molecule has 3 aromatic carbocycles. The van der Waals surface area contributed by atoms with E-state index in [0.29, 0.717) is 47.9 Å². The van der Waals surface area contributed by atoms with Crippen molar-refractivity contribution in [1.29, 1.82) is 0 Å². The number of anilines is 3. The number of carbonyl (C=O) groups excluding carboxylic acids is 2. The molecule has 2 aliphatic carbocycles. The molecule has 72 heavy (non-hydrogen) atoms. The van der Waals surface area contributed by atoms with E-state index in [4.69, 9.17) is 25.5 Å². The topological polar surface area (TPSA) is 140 Å². The van der Waals surface area contributed by atoms with Crippen LogP contribution in [0.1, 0.15) is 124 Å². The van der Waals surface area contributed by atoms with Crippen LogP contribution in [0.5, 0.6) is 17.2 Å². The number of nitrogens with zero attached hydrogens (tertiary/aromatic N) is 6.